The molecule has 0 aliphatic rings. The number of benzene rings is 9. The largest absolute Gasteiger partial charge is 0.0984 e. The van der Waals surface area contributed by atoms with Gasteiger partial charge in [0.1, 0.15) is 0 Å². The Morgan fingerprint density at radius 1 is 0.250 bits per heavy atom. The van der Waals surface area contributed by atoms with E-state index in [9.17, 15) is 0 Å². The zero-order valence-electron chi connectivity index (χ0n) is 28.9. The summed E-state index contributed by atoms with van der Waals surface area (Å²) in [5.74, 6) is 0. The first kappa shape index (κ1) is 31.2. The first-order valence-corrected chi connectivity index (χ1v) is 17.8. The molecular weight excluding hydrogens is 625 g/mol. The van der Waals surface area contributed by atoms with Gasteiger partial charge in [-0.2, -0.15) is 0 Å². The average Bonchev–Trinajstić information content (AvgIpc) is 3.22. The highest BCUT2D eigenvalue weighted by Gasteiger charge is 2.21. The predicted octanol–water partition coefficient (Wildman–Crippen LogP) is 14.8. The second-order valence-corrected chi connectivity index (χ2v) is 13.3. The van der Waals surface area contributed by atoms with Crippen molar-refractivity contribution in [3.05, 3.63) is 206 Å². The quantitative estimate of drug-likeness (QED) is 0.149. The second kappa shape index (κ2) is 13.2. The lowest BCUT2D eigenvalue weighted by molar-refractivity contribution is 1.58. The Balaban J connectivity index is 1.38. The summed E-state index contributed by atoms with van der Waals surface area (Å²) in [6, 6.07) is 65.9. The van der Waals surface area contributed by atoms with E-state index in [-0.39, 0.29) is 0 Å². The lowest BCUT2D eigenvalue weighted by Crippen LogP contribution is -1.96. The smallest absolute Gasteiger partial charge is 0.00262 e. The molecular formula is C52H36. The summed E-state index contributed by atoms with van der Waals surface area (Å²) in [7, 11) is 0. The minimum absolute atomic E-state index is 1.09. The van der Waals surface area contributed by atoms with E-state index in [2.05, 4.69) is 195 Å². The van der Waals surface area contributed by atoms with Crippen LogP contribution in [-0.4, -0.2) is 0 Å². The molecule has 0 aliphatic carbocycles. The van der Waals surface area contributed by atoms with Crippen LogP contribution in [0.15, 0.2) is 195 Å². The van der Waals surface area contributed by atoms with Crippen molar-refractivity contribution < 1.29 is 0 Å². The summed E-state index contributed by atoms with van der Waals surface area (Å²) in [5, 5.41) is 7.38. The second-order valence-electron chi connectivity index (χ2n) is 13.3. The molecule has 0 saturated carbocycles. The van der Waals surface area contributed by atoms with Gasteiger partial charge in [-0.25, -0.2) is 0 Å². The van der Waals surface area contributed by atoms with Gasteiger partial charge in [0.05, 0.1) is 0 Å². The summed E-state index contributed by atoms with van der Waals surface area (Å²) < 4.78 is 0. The Bertz CT molecular complexity index is 2770. The number of hydrogen-bond donors (Lipinski definition) is 0. The maximum atomic E-state index is 4.33. The Morgan fingerprint density at radius 2 is 0.538 bits per heavy atom. The van der Waals surface area contributed by atoms with Gasteiger partial charge in [0, 0.05) is 0 Å². The third kappa shape index (κ3) is 5.16. The highest BCUT2D eigenvalue weighted by atomic mass is 14.2. The molecule has 0 spiro atoms. The van der Waals surface area contributed by atoms with Crippen LogP contribution >= 0.6 is 0 Å². The van der Waals surface area contributed by atoms with Crippen LogP contribution < -0.4 is 0 Å². The fraction of sp³-hybridized carbons (Fsp3) is 0. The molecule has 0 heteroatoms. The van der Waals surface area contributed by atoms with Gasteiger partial charge >= 0.3 is 0 Å². The summed E-state index contributed by atoms with van der Waals surface area (Å²) >= 11 is 0. The van der Waals surface area contributed by atoms with Gasteiger partial charge in [-0.1, -0.05) is 195 Å². The van der Waals surface area contributed by atoms with E-state index < -0.39 is 0 Å². The van der Waals surface area contributed by atoms with Gasteiger partial charge in [-0.3, -0.25) is 0 Å². The van der Waals surface area contributed by atoms with E-state index in [1.807, 2.05) is 12.2 Å². The Kier molecular flexibility index (Phi) is 7.91. The molecule has 0 saturated heterocycles. The summed E-state index contributed by atoms with van der Waals surface area (Å²) in [6.45, 7) is 8.63. The molecule has 0 atom stereocenters. The molecule has 0 aromatic heterocycles. The summed E-state index contributed by atoms with van der Waals surface area (Å²) in [4.78, 5) is 0. The van der Waals surface area contributed by atoms with Gasteiger partial charge in [-0.05, 0) is 111 Å². The Hall–Kier alpha value is -6.76. The molecule has 9 aromatic rings. The van der Waals surface area contributed by atoms with E-state index in [1.54, 1.807) is 0 Å². The van der Waals surface area contributed by atoms with E-state index in [1.165, 1.54) is 76.8 Å². The molecule has 52 heavy (non-hydrogen) atoms. The zero-order valence-corrected chi connectivity index (χ0v) is 28.9. The molecule has 0 unspecified atom stereocenters. The van der Waals surface area contributed by atoms with Crippen LogP contribution in [0.25, 0.3) is 100 Å². The van der Waals surface area contributed by atoms with Gasteiger partial charge < -0.3 is 0 Å². The topological polar surface area (TPSA) is 0 Å². The van der Waals surface area contributed by atoms with Crippen LogP contribution in [-0.2, 0) is 0 Å². The Morgan fingerprint density at radius 3 is 0.942 bits per heavy atom. The molecule has 9 aromatic carbocycles. The van der Waals surface area contributed by atoms with Crippen molar-refractivity contribution in [3.63, 3.8) is 0 Å². The molecule has 0 bridgehead atoms. The highest BCUT2D eigenvalue weighted by molar-refractivity contribution is 6.22. The minimum atomic E-state index is 1.09. The fourth-order valence-electron chi connectivity index (χ4n) is 8.15. The van der Waals surface area contributed by atoms with E-state index in [4.69, 9.17) is 0 Å². The van der Waals surface area contributed by atoms with Crippen molar-refractivity contribution in [1.82, 2.24) is 0 Å². The van der Waals surface area contributed by atoms with Crippen LogP contribution in [0.5, 0.6) is 0 Å². The molecule has 0 N–H and O–H groups in total. The van der Waals surface area contributed by atoms with Crippen LogP contribution in [0, 0.1) is 0 Å². The fourth-order valence-corrected chi connectivity index (χ4v) is 8.15. The van der Waals surface area contributed by atoms with E-state index >= 15 is 0 Å². The molecule has 0 amide bonds. The highest BCUT2D eigenvalue weighted by Crippen LogP contribution is 2.47. The van der Waals surface area contributed by atoms with Crippen LogP contribution in [0.1, 0.15) is 11.1 Å². The molecule has 0 radical (unpaired) electrons. The predicted molar refractivity (Wildman–Crippen MR) is 226 cm³/mol. The Labute approximate surface area is 305 Å². The van der Waals surface area contributed by atoms with Gasteiger partial charge in [0.2, 0.25) is 0 Å². The number of rotatable bonds is 7. The first-order valence-electron chi connectivity index (χ1n) is 17.8. The normalized spacial score (nSPS) is 11.2. The lowest BCUT2D eigenvalue weighted by Gasteiger charge is -2.21. The van der Waals surface area contributed by atoms with E-state index in [0.29, 0.717) is 0 Å². The SMILES string of the molecule is C=Cc1c(C=C)c(-c2ccccc2)c2cc(-c3ccc4c(-c5ccccc5)c5ccccc5c(-c5ccccc5)c4c3)ccc2c1-c1ccccc1. The standard InChI is InChI=1S/C52H36/c1-3-41-42(4-2)50(36-21-11-6-12-22-36)47-33-39(29-31-45(47)49(41)35-19-9-5-10-20-35)40-30-32-46-48(34-40)52(38-25-15-8-16-26-38)44-28-18-17-27-43(44)51(46)37-23-13-7-14-24-37/h3-34H,1-2H2. The van der Waals surface area contributed by atoms with Crippen LogP contribution in [0.4, 0.5) is 0 Å². The van der Waals surface area contributed by atoms with E-state index in [0.717, 1.165) is 22.3 Å². The maximum absolute atomic E-state index is 4.33. The van der Waals surface area contributed by atoms with Crippen LogP contribution in [0.3, 0.4) is 0 Å². The molecule has 9 rings (SSSR count). The number of fused-ring (bicyclic) bond motifs is 3. The molecule has 0 fully saturated rings. The van der Waals surface area contributed by atoms with Crippen molar-refractivity contribution in [3.8, 4) is 55.6 Å². The van der Waals surface area contributed by atoms with Crippen molar-refractivity contribution in [2.75, 3.05) is 0 Å². The first-order chi connectivity index (χ1) is 25.7. The molecule has 0 nitrogen and oxygen atoms in total. The van der Waals surface area contributed by atoms with Crippen molar-refractivity contribution in [2.45, 2.75) is 0 Å². The van der Waals surface area contributed by atoms with Gasteiger partial charge in [0.15, 0.2) is 0 Å². The average molecular weight is 661 g/mol. The summed E-state index contributed by atoms with van der Waals surface area (Å²) in [5.41, 5.74) is 14.2. The molecule has 0 aliphatic heterocycles. The van der Waals surface area contributed by atoms with Crippen molar-refractivity contribution in [2.24, 2.45) is 0 Å². The minimum Gasteiger partial charge on any atom is -0.0984 e. The zero-order chi connectivity index (χ0) is 35.0. The lowest BCUT2D eigenvalue weighted by atomic mass is 9.82. The third-order valence-corrected chi connectivity index (χ3v) is 10.4. The van der Waals surface area contributed by atoms with Gasteiger partial charge in [0.25, 0.3) is 0 Å². The molecule has 0 heterocycles. The monoisotopic (exact) mass is 660 g/mol. The summed E-state index contributed by atoms with van der Waals surface area (Å²) in [6.07, 6.45) is 3.98. The van der Waals surface area contributed by atoms with Gasteiger partial charge in [-0.15, -0.1) is 0 Å². The third-order valence-electron chi connectivity index (χ3n) is 10.4. The maximum Gasteiger partial charge on any atom is -0.00262 e. The van der Waals surface area contributed by atoms with Crippen molar-refractivity contribution >= 4 is 44.5 Å². The van der Waals surface area contributed by atoms with Crippen LogP contribution in [0.2, 0.25) is 0 Å². The number of hydrogen-bond acceptors (Lipinski definition) is 0. The molecule has 244 valence electrons. The van der Waals surface area contributed by atoms with Crippen molar-refractivity contribution in [1.29, 1.82) is 0 Å².